The van der Waals surface area contributed by atoms with Gasteiger partial charge in [-0.15, -0.1) is 0 Å². The molecule has 0 atom stereocenters. The molecule has 3 N–H and O–H groups in total. The lowest BCUT2D eigenvalue weighted by molar-refractivity contribution is -0.117. The number of anilines is 1. The topological polar surface area (TPSA) is 83.4 Å². The van der Waals surface area contributed by atoms with Crippen molar-refractivity contribution in [2.24, 2.45) is 5.92 Å². The van der Waals surface area contributed by atoms with Crippen LogP contribution in [0.15, 0.2) is 47.1 Å². The largest absolute Gasteiger partial charge is 0.469 e. The fraction of sp³-hybridized carbons (Fsp3) is 0.333. The van der Waals surface area contributed by atoms with Gasteiger partial charge in [0.05, 0.1) is 6.26 Å². The Labute approximate surface area is 140 Å². The van der Waals surface area contributed by atoms with Crippen LogP contribution >= 0.6 is 0 Å². The van der Waals surface area contributed by atoms with Crippen molar-refractivity contribution in [2.45, 2.75) is 25.8 Å². The molecule has 1 aromatic carbocycles. The molecule has 0 saturated heterocycles. The second-order valence-corrected chi connectivity index (χ2v) is 5.90. The van der Waals surface area contributed by atoms with Gasteiger partial charge in [-0.2, -0.15) is 0 Å². The fourth-order valence-corrected chi connectivity index (χ4v) is 2.35. The molecule has 1 aliphatic carbocycles. The van der Waals surface area contributed by atoms with E-state index in [1.54, 1.807) is 6.26 Å². The molecular formula is C18H21N3O3. The highest BCUT2D eigenvalue weighted by atomic mass is 16.3. The molecule has 1 heterocycles. The lowest BCUT2D eigenvalue weighted by Gasteiger charge is -2.09. The van der Waals surface area contributed by atoms with E-state index in [9.17, 15) is 9.59 Å². The van der Waals surface area contributed by atoms with Gasteiger partial charge in [0.25, 0.3) is 0 Å². The van der Waals surface area contributed by atoms with Crippen LogP contribution in [0.5, 0.6) is 0 Å². The van der Waals surface area contributed by atoms with Crippen LogP contribution in [0.25, 0.3) is 0 Å². The number of benzene rings is 1. The van der Waals surface area contributed by atoms with Crippen LogP contribution in [0.4, 0.5) is 10.5 Å². The molecule has 6 nitrogen and oxygen atoms in total. The summed E-state index contributed by atoms with van der Waals surface area (Å²) in [5, 5.41) is 8.49. The molecule has 1 aromatic heterocycles. The highest BCUT2D eigenvalue weighted by Crippen LogP contribution is 2.30. The predicted octanol–water partition coefficient (Wildman–Crippen LogP) is 2.67. The number of carbonyl (C=O) groups is 2. The molecule has 126 valence electrons. The minimum Gasteiger partial charge on any atom is -0.469 e. The number of hydrogen-bond donors (Lipinski definition) is 3. The van der Waals surface area contributed by atoms with E-state index < -0.39 is 0 Å². The van der Waals surface area contributed by atoms with Crippen molar-refractivity contribution >= 4 is 17.6 Å². The number of rotatable bonds is 7. The summed E-state index contributed by atoms with van der Waals surface area (Å²) in [5.74, 6) is 1.09. The van der Waals surface area contributed by atoms with E-state index in [0.29, 0.717) is 19.5 Å². The minimum atomic E-state index is -0.228. The smallest absolute Gasteiger partial charge is 0.315 e. The SMILES string of the molecule is O=C(NCCc1ccco1)NCc1cccc(NC(=O)C2CC2)c1. The molecule has 1 aliphatic rings. The van der Waals surface area contributed by atoms with E-state index in [0.717, 1.165) is 29.9 Å². The van der Waals surface area contributed by atoms with Crippen LogP contribution in [0.3, 0.4) is 0 Å². The Hall–Kier alpha value is -2.76. The summed E-state index contributed by atoms with van der Waals surface area (Å²) >= 11 is 0. The molecule has 6 heteroatoms. The quantitative estimate of drug-likeness (QED) is 0.731. The first kappa shape index (κ1) is 16.1. The molecule has 2 aromatic rings. The van der Waals surface area contributed by atoms with E-state index in [1.165, 1.54) is 0 Å². The summed E-state index contributed by atoms with van der Waals surface area (Å²) in [5.41, 5.74) is 1.70. The maximum atomic E-state index is 11.8. The summed E-state index contributed by atoms with van der Waals surface area (Å²) in [7, 11) is 0. The molecule has 1 saturated carbocycles. The van der Waals surface area contributed by atoms with Gasteiger partial charge in [0.1, 0.15) is 5.76 Å². The average molecular weight is 327 g/mol. The Morgan fingerprint density at radius 2 is 2.00 bits per heavy atom. The Morgan fingerprint density at radius 1 is 1.12 bits per heavy atom. The maximum Gasteiger partial charge on any atom is 0.315 e. The Balaban J connectivity index is 1.40. The number of urea groups is 1. The van der Waals surface area contributed by atoms with E-state index in [-0.39, 0.29) is 17.9 Å². The molecular weight excluding hydrogens is 306 g/mol. The highest BCUT2D eigenvalue weighted by Gasteiger charge is 2.29. The van der Waals surface area contributed by atoms with E-state index >= 15 is 0 Å². The van der Waals surface area contributed by atoms with E-state index in [4.69, 9.17) is 4.42 Å². The Morgan fingerprint density at radius 3 is 2.75 bits per heavy atom. The van der Waals surface area contributed by atoms with Crippen molar-refractivity contribution in [3.05, 3.63) is 54.0 Å². The van der Waals surface area contributed by atoms with Crippen molar-refractivity contribution < 1.29 is 14.0 Å². The van der Waals surface area contributed by atoms with Gasteiger partial charge in [0.15, 0.2) is 0 Å². The Kier molecular flexibility index (Phi) is 5.15. The van der Waals surface area contributed by atoms with Crippen molar-refractivity contribution in [3.8, 4) is 0 Å². The third kappa shape index (κ3) is 4.87. The first-order valence-electron chi connectivity index (χ1n) is 8.14. The molecule has 3 amide bonds. The summed E-state index contributed by atoms with van der Waals surface area (Å²) in [6.07, 6.45) is 4.23. The lowest BCUT2D eigenvalue weighted by Crippen LogP contribution is -2.36. The zero-order valence-electron chi connectivity index (χ0n) is 13.4. The van der Waals surface area contributed by atoms with E-state index in [2.05, 4.69) is 16.0 Å². The molecule has 0 radical (unpaired) electrons. The molecule has 1 fully saturated rings. The van der Waals surface area contributed by atoms with Gasteiger partial charge in [0.2, 0.25) is 5.91 Å². The molecule has 0 aliphatic heterocycles. The maximum absolute atomic E-state index is 11.8. The summed E-state index contributed by atoms with van der Waals surface area (Å²) in [6.45, 7) is 0.913. The number of nitrogens with one attached hydrogen (secondary N) is 3. The van der Waals surface area contributed by atoms with Crippen LogP contribution in [-0.4, -0.2) is 18.5 Å². The van der Waals surface area contributed by atoms with Gasteiger partial charge in [-0.25, -0.2) is 4.79 Å². The van der Waals surface area contributed by atoms with Gasteiger partial charge in [0, 0.05) is 31.1 Å². The minimum absolute atomic E-state index is 0.0794. The average Bonchev–Trinajstić information content (AvgIpc) is 3.31. The third-order valence-corrected chi connectivity index (χ3v) is 3.83. The number of furan rings is 1. The standard InChI is InChI=1S/C18H21N3O3/c22-17(14-6-7-14)21-15-4-1-3-13(11-15)12-20-18(23)19-9-8-16-5-2-10-24-16/h1-5,10-11,14H,6-9,12H2,(H,21,22)(H2,19,20,23). The van der Waals surface area contributed by atoms with Crippen molar-refractivity contribution in [2.75, 3.05) is 11.9 Å². The summed E-state index contributed by atoms with van der Waals surface area (Å²) in [6, 6.07) is 11.0. The van der Waals surface area contributed by atoms with Crippen LogP contribution in [0, 0.1) is 5.92 Å². The first-order valence-corrected chi connectivity index (χ1v) is 8.14. The molecule has 0 bridgehead atoms. The number of amides is 3. The highest BCUT2D eigenvalue weighted by molar-refractivity contribution is 5.94. The van der Waals surface area contributed by atoms with Crippen LogP contribution in [-0.2, 0) is 17.8 Å². The second-order valence-electron chi connectivity index (χ2n) is 5.90. The molecule has 0 unspecified atom stereocenters. The number of carbonyl (C=O) groups excluding carboxylic acids is 2. The zero-order valence-corrected chi connectivity index (χ0v) is 13.4. The predicted molar refractivity (Wildman–Crippen MR) is 90.4 cm³/mol. The van der Waals surface area contributed by atoms with Gasteiger partial charge in [-0.05, 0) is 42.7 Å². The molecule has 24 heavy (non-hydrogen) atoms. The van der Waals surface area contributed by atoms with Gasteiger partial charge in [-0.3, -0.25) is 4.79 Å². The van der Waals surface area contributed by atoms with Gasteiger partial charge >= 0.3 is 6.03 Å². The van der Waals surface area contributed by atoms with Crippen LogP contribution in [0.2, 0.25) is 0 Å². The lowest BCUT2D eigenvalue weighted by atomic mass is 10.2. The number of hydrogen-bond acceptors (Lipinski definition) is 3. The summed E-state index contributed by atoms with van der Waals surface area (Å²) < 4.78 is 5.20. The van der Waals surface area contributed by atoms with Crippen molar-refractivity contribution in [1.29, 1.82) is 0 Å². The molecule has 3 rings (SSSR count). The summed E-state index contributed by atoms with van der Waals surface area (Å²) in [4.78, 5) is 23.6. The monoisotopic (exact) mass is 327 g/mol. The third-order valence-electron chi connectivity index (χ3n) is 3.83. The Bertz CT molecular complexity index is 693. The van der Waals surface area contributed by atoms with E-state index in [1.807, 2.05) is 36.4 Å². The van der Waals surface area contributed by atoms with Crippen molar-refractivity contribution in [3.63, 3.8) is 0 Å². The normalized spacial score (nSPS) is 13.3. The first-order chi connectivity index (χ1) is 11.7. The molecule has 0 spiro atoms. The van der Waals surface area contributed by atoms with Gasteiger partial charge in [-0.1, -0.05) is 12.1 Å². The van der Waals surface area contributed by atoms with Crippen LogP contribution in [0.1, 0.15) is 24.2 Å². The second kappa shape index (κ2) is 7.68. The van der Waals surface area contributed by atoms with Crippen LogP contribution < -0.4 is 16.0 Å². The van der Waals surface area contributed by atoms with Crippen molar-refractivity contribution in [1.82, 2.24) is 10.6 Å². The fourth-order valence-electron chi connectivity index (χ4n) is 2.35. The van der Waals surface area contributed by atoms with Gasteiger partial charge < -0.3 is 20.4 Å². The zero-order chi connectivity index (χ0) is 16.8.